The average molecular weight is 529 g/mol. The number of thiazole rings is 1. The van der Waals surface area contributed by atoms with E-state index in [1.54, 1.807) is 37.7 Å². The normalized spacial score (nSPS) is 15.8. The highest BCUT2D eigenvalue weighted by atomic mass is 32.1. The average Bonchev–Trinajstić information content (AvgIpc) is 3.55. The highest BCUT2D eigenvalue weighted by molar-refractivity contribution is 7.13. The van der Waals surface area contributed by atoms with E-state index in [9.17, 15) is 18.0 Å². The van der Waals surface area contributed by atoms with Gasteiger partial charge in [-0.05, 0) is 36.6 Å². The molecule has 0 saturated carbocycles. The zero-order valence-electron chi connectivity index (χ0n) is 19.8. The molecule has 8 nitrogen and oxygen atoms in total. The summed E-state index contributed by atoms with van der Waals surface area (Å²) in [5.41, 5.74) is 3.29. The van der Waals surface area contributed by atoms with Gasteiger partial charge in [0.15, 0.2) is 5.13 Å². The van der Waals surface area contributed by atoms with Gasteiger partial charge >= 0.3 is 6.18 Å². The van der Waals surface area contributed by atoms with E-state index in [0.29, 0.717) is 35.5 Å². The fourth-order valence-electron chi connectivity index (χ4n) is 4.33. The third-order valence-electron chi connectivity index (χ3n) is 6.14. The van der Waals surface area contributed by atoms with Crippen LogP contribution in [0.3, 0.4) is 0 Å². The van der Waals surface area contributed by atoms with Gasteiger partial charge in [0.1, 0.15) is 17.5 Å². The number of ether oxygens (including phenoxy) is 1. The maximum atomic E-state index is 13.5. The summed E-state index contributed by atoms with van der Waals surface area (Å²) in [6.07, 6.45) is -1.22. The largest absolute Gasteiger partial charge is 0.495 e. The maximum Gasteiger partial charge on any atom is 0.390 e. The smallest absolute Gasteiger partial charge is 0.390 e. The van der Waals surface area contributed by atoms with Crippen LogP contribution in [0.1, 0.15) is 24.4 Å². The summed E-state index contributed by atoms with van der Waals surface area (Å²) in [5, 5.41) is 14.2. The topological polar surface area (TPSA) is 85.2 Å². The Kier molecular flexibility index (Phi) is 6.83. The molecule has 0 fully saturated rings. The molecule has 2 aromatic heterocycles. The van der Waals surface area contributed by atoms with Gasteiger partial charge in [0, 0.05) is 29.4 Å². The third kappa shape index (κ3) is 5.43. The molecule has 12 heteroatoms. The number of methoxy groups -OCH3 is 1. The number of hydrogen-bond donors (Lipinski definition) is 1. The van der Waals surface area contributed by atoms with Crippen molar-refractivity contribution in [3.63, 3.8) is 0 Å². The number of para-hydroxylation sites is 1. The van der Waals surface area contributed by atoms with Crippen molar-refractivity contribution in [3.8, 4) is 17.0 Å². The van der Waals surface area contributed by atoms with Crippen LogP contribution in [0.25, 0.3) is 11.3 Å². The molecule has 1 aliphatic rings. The summed E-state index contributed by atoms with van der Waals surface area (Å²) >= 11 is 1.46. The zero-order valence-corrected chi connectivity index (χ0v) is 20.6. The number of carbonyl (C=O) groups excluding carboxylic acids is 1. The third-order valence-corrected chi connectivity index (χ3v) is 6.83. The molecule has 0 bridgehead atoms. The summed E-state index contributed by atoms with van der Waals surface area (Å²) in [6.45, 7) is -0.456. The first-order valence-electron chi connectivity index (χ1n) is 11.5. The molecule has 0 saturated heterocycles. The van der Waals surface area contributed by atoms with Gasteiger partial charge in [-0.15, -0.1) is 16.4 Å². The van der Waals surface area contributed by atoms with Crippen LogP contribution in [0.2, 0.25) is 0 Å². The Hall–Kier alpha value is -3.93. The van der Waals surface area contributed by atoms with E-state index >= 15 is 0 Å². The summed E-state index contributed by atoms with van der Waals surface area (Å²) in [4.78, 5) is 18.9. The number of halogens is 3. The molecule has 1 unspecified atom stereocenters. The van der Waals surface area contributed by atoms with Crippen LogP contribution in [0.4, 0.5) is 29.7 Å². The number of carbonyl (C=O) groups is 1. The molecule has 1 atom stereocenters. The Morgan fingerprint density at radius 1 is 1.22 bits per heavy atom. The van der Waals surface area contributed by atoms with Crippen molar-refractivity contribution >= 4 is 33.8 Å². The predicted octanol–water partition coefficient (Wildman–Crippen LogP) is 5.63. The predicted molar refractivity (Wildman–Crippen MR) is 134 cm³/mol. The maximum absolute atomic E-state index is 13.5. The van der Waals surface area contributed by atoms with Crippen LogP contribution in [0, 0.1) is 0 Å². The Labute approximate surface area is 214 Å². The zero-order chi connectivity index (χ0) is 26.0. The van der Waals surface area contributed by atoms with Crippen LogP contribution in [0.15, 0.2) is 60.2 Å². The lowest BCUT2D eigenvalue weighted by Crippen LogP contribution is -2.39. The molecule has 3 heterocycles. The molecule has 1 aliphatic heterocycles. The molecule has 0 aliphatic carbocycles. The molecule has 0 spiro atoms. The van der Waals surface area contributed by atoms with Crippen LogP contribution in [-0.4, -0.2) is 45.7 Å². The number of amides is 1. The lowest BCUT2D eigenvalue weighted by atomic mass is 10.1. The fraction of sp³-hybridized carbons (Fsp3) is 0.280. The first-order valence-corrected chi connectivity index (χ1v) is 12.4. The van der Waals surface area contributed by atoms with Gasteiger partial charge < -0.3 is 15.0 Å². The van der Waals surface area contributed by atoms with E-state index < -0.39 is 31.1 Å². The summed E-state index contributed by atoms with van der Waals surface area (Å²) in [7, 11) is 1.56. The van der Waals surface area contributed by atoms with Crippen molar-refractivity contribution in [2.24, 2.45) is 0 Å². The minimum Gasteiger partial charge on any atom is -0.495 e. The number of alkyl halides is 3. The van der Waals surface area contributed by atoms with Gasteiger partial charge in [-0.1, -0.05) is 29.5 Å². The highest BCUT2D eigenvalue weighted by Gasteiger charge is 2.35. The molecule has 1 amide bonds. The number of rotatable bonds is 7. The molecule has 4 aromatic rings. The molecule has 2 aromatic carbocycles. The van der Waals surface area contributed by atoms with Crippen molar-refractivity contribution in [2.75, 3.05) is 23.9 Å². The van der Waals surface area contributed by atoms with Crippen LogP contribution in [0.5, 0.6) is 5.75 Å². The molecule has 1 N–H and O–H groups in total. The summed E-state index contributed by atoms with van der Waals surface area (Å²) < 4.78 is 46.1. The van der Waals surface area contributed by atoms with Crippen LogP contribution < -0.4 is 15.0 Å². The van der Waals surface area contributed by atoms with Gasteiger partial charge in [0.25, 0.3) is 5.91 Å². The Morgan fingerprint density at radius 2 is 2.05 bits per heavy atom. The van der Waals surface area contributed by atoms with E-state index in [4.69, 9.17) is 4.74 Å². The number of nitrogens with zero attached hydrogens (tertiary/aromatic N) is 5. The number of fused-ring (bicyclic) bond motifs is 1. The first kappa shape index (κ1) is 24.8. The van der Waals surface area contributed by atoms with E-state index in [1.165, 1.54) is 20.9 Å². The van der Waals surface area contributed by atoms with Crippen molar-refractivity contribution in [1.82, 2.24) is 20.0 Å². The van der Waals surface area contributed by atoms with Crippen LogP contribution >= 0.6 is 11.3 Å². The number of nitrogens with one attached hydrogen (secondary N) is 1. The second-order valence-electron chi connectivity index (χ2n) is 8.50. The number of anilines is 3. The second-order valence-corrected chi connectivity index (χ2v) is 9.39. The molecular weight excluding hydrogens is 505 g/mol. The van der Waals surface area contributed by atoms with Gasteiger partial charge in [-0.2, -0.15) is 13.2 Å². The van der Waals surface area contributed by atoms with Gasteiger partial charge in [-0.3, -0.25) is 4.79 Å². The molecule has 0 radical (unpaired) electrons. The SMILES string of the molecule is COc1cc(-c2cn(C3CCc4ccccc4N(CCC(F)(F)F)C3=O)nn2)ccc1Nc1nccs1. The summed E-state index contributed by atoms with van der Waals surface area (Å²) in [6, 6.07) is 11.8. The monoisotopic (exact) mass is 528 g/mol. The quantitative estimate of drug-likeness (QED) is 0.335. The van der Waals surface area contributed by atoms with Gasteiger partial charge in [-0.25, -0.2) is 9.67 Å². The fourth-order valence-corrected chi connectivity index (χ4v) is 4.87. The lowest BCUT2D eigenvalue weighted by molar-refractivity contribution is -0.134. The Bertz CT molecular complexity index is 1390. The van der Waals surface area contributed by atoms with Crippen LogP contribution in [-0.2, 0) is 11.2 Å². The first-order chi connectivity index (χ1) is 17.8. The standard InChI is InChI=1S/C25H23F3N6O2S/c1-36-22-14-17(6-8-18(22)30-24-29-11-13-37-24)19-15-34(32-31-19)21-9-7-16-4-2-3-5-20(16)33(23(21)35)12-10-25(26,27)28/h2-6,8,11,13-15,21H,7,9-10,12H2,1H3,(H,29,30). The van der Waals surface area contributed by atoms with E-state index in [-0.39, 0.29) is 0 Å². The molecule has 37 heavy (non-hydrogen) atoms. The van der Waals surface area contributed by atoms with Crippen molar-refractivity contribution < 1.29 is 22.7 Å². The van der Waals surface area contributed by atoms with Gasteiger partial charge in [0.05, 0.1) is 25.4 Å². The van der Waals surface area contributed by atoms with E-state index in [1.807, 2.05) is 29.6 Å². The second kappa shape index (κ2) is 10.2. The highest BCUT2D eigenvalue weighted by Crippen LogP contribution is 2.35. The van der Waals surface area contributed by atoms with Crippen molar-refractivity contribution in [2.45, 2.75) is 31.5 Å². The van der Waals surface area contributed by atoms with E-state index in [2.05, 4.69) is 20.6 Å². The van der Waals surface area contributed by atoms with Crippen molar-refractivity contribution in [1.29, 1.82) is 0 Å². The molecule has 5 rings (SSSR count). The minimum absolute atomic E-state index is 0.390. The molecular formula is C25H23F3N6O2S. The number of aromatic nitrogens is 4. The summed E-state index contributed by atoms with van der Waals surface area (Å²) in [5.74, 6) is 0.132. The number of benzene rings is 2. The number of hydrogen-bond acceptors (Lipinski definition) is 7. The van der Waals surface area contributed by atoms with Crippen molar-refractivity contribution in [3.05, 3.63) is 65.8 Å². The van der Waals surface area contributed by atoms with Gasteiger partial charge in [0.2, 0.25) is 0 Å². The Balaban J connectivity index is 1.41. The Morgan fingerprint density at radius 3 is 2.81 bits per heavy atom. The van der Waals surface area contributed by atoms with E-state index in [0.717, 1.165) is 16.4 Å². The lowest BCUT2D eigenvalue weighted by Gasteiger charge is -2.26. The minimum atomic E-state index is -4.38. The number of aryl methyl sites for hydroxylation is 1. The molecule has 192 valence electrons.